The van der Waals surface area contributed by atoms with Gasteiger partial charge in [-0.2, -0.15) is 0 Å². The summed E-state index contributed by atoms with van der Waals surface area (Å²) in [6, 6.07) is 21.4. The predicted octanol–water partition coefficient (Wildman–Crippen LogP) is 6.78. The van der Waals surface area contributed by atoms with E-state index in [2.05, 4.69) is 26.6 Å². The Morgan fingerprint density at radius 1 is 0.897 bits per heavy atom. The number of dihydropyridines is 1. The normalized spacial score (nSPS) is 18.8. The van der Waals surface area contributed by atoms with Crippen LogP contribution in [0.4, 0.5) is 5.69 Å². The van der Waals surface area contributed by atoms with Crippen molar-refractivity contribution in [2.75, 3.05) is 19.5 Å². The Morgan fingerprint density at radius 3 is 2.23 bits per heavy atom. The molecule has 0 saturated carbocycles. The van der Waals surface area contributed by atoms with Crippen LogP contribution in [0.3, 0.4) is 0 Å². The summed E-state index contributed by atoms with van der Waals surface area (Å²) in [6.07, 6.45) is 0.989. The standard InChI is InChI=1S/C32H31BrN2O4/c1-18-5-12-24(13-6-18)35-32(37)29-19(2)34-25-15-22(21-9-14-27(38-3)28(17-21)39-4)16-26(36)31(25)30(29)20-7-10-23(33)11-8-20/h5-14,17,22,30,34H,15-16H2,1-4H3,(H,35,37)/t22-,30+/m1/s1. The third-order valence-electron chi connectivity index (χ3n) is 7.46. The molecule has 3 aromatic rings. The molecule has 1 amide bonds. The highest BCUT2D eigenvalue weighted by Crippen LogP contribution is 2.46. The summed E-state index contributed by atoms with van der Waals surface area (Å²) < 4.78 is 11.8. The lowest BCUT2D eigenvalue weighted by molar-refractivity contribution is -0.116. The van der Waals surface area contributed by atoms with Crippen LogP contribution >= 0.6 is 15.9 Å². The van der Waals surface area contributed by atoms with E-state index in [4.69, 9.17) is 9.47 Å². The summed E-state index contributed by atoms with van der Waals surface area (Å²) in [4.78, 5) is 27.6. The van der Waals surface area contributed by atoms with Crippen molar-refractivity contribution in [3.05, 3.63) is 110 Å². The van der Waals surface area contributed by atoms with E-state index in [9.17, 15) is 9.59 Å². The molecule has 7 heteroatoms. The fraction of sp³-hybridized carbons (Fsp3) is 0.250. The Morgan fingerprint density at radius 2 is 1.56 bits per heavy atom. The number of aryl methyl sites for hydroxylation is 1. The second kappa shape index (κ2) is 11.1. The van der Waals surface area contributed by atoms with E-state index in [0.717, 1.165) is 32.6 Å². The number of anilines is 1. The number of benzene rings is 3. The van der Waals surface area contributed by atoms with Gasteiger partial charge >= 0.3 is 0 Å². The quantitative estimate of drug-likeness (QED) is 0.333. The van der Waals surface area contributed by atoms with Crippen LogP contribution in [0.25, 0.3) is 0 Å². The first-order valence-electron chi connectivity index (χ1n) is 12.9. The Kier molecular flexibility index (Phi) is 7.62. The molecule has 0 fully saturated rings. The molecule has 0 unspecified atom stereocenters. The minimum absolute atomic E-state index is 0.0233. The average Bonchev–Trinajstić information content (AvgIpc) is 2.93. The van der Waals surface area contributed by atoms with Crippen molar-refractivity contribution in [1.29, 1.82) is 0 Å². The molecule has 0 radical (unpaired) electrons. The van der Waals surface area contributed by atoms with Crippen LogP contribution in [-0.2, 0) is 9.59 Å². The number of nitrogens with one attached hydrogen (secondary N) is 2. The average molecular weight is 588 g/mol. The van der Waals surface area contributed by atoms with E-state index in [-0.39, 0.29) is 17.6 Å². The molecule has 0 saturated heterocycles. The maximum absolute atomic E-state index is 13.9. The van der Waals surface area contributed by atoms with Crippen molar-refractivity contribution in [3.8, 4) is 11.5 Å². The summed E-state index contributed by atoms with van der Waals surface area (Å²) in [7, 11) is 3.21. The Balaban J connectivity index is 1.53. The zero-order chi connectivity index (χ0) is 27.7. The number of ether oxygens (including phenoxy) is 2. The maximum atomic E-state index is 13.9. The molecule has 0 aromatic heterocycles. The summed E-state index contributed by atoms with van der Waals surface area (Å²) >= 11 is 3.51. The lowest BCUT2D eigenvalue weighted by Gasteiger charge is -2.37. The largest absolute Gasteiger partial charge is 0.493 e. The van der Waals surface area contributed by atoms with Gasteiger partial charge in [0.25, 0.3) is 5.91 Å². The zero-order valence-electron chi connectivity index (χ0n) is 22.4. The molecule has 1 heterocycles. The molecule has 0 spiro atoms. The third kappa shape index (κ3) is 5.36. The summed E-state index contributed by atoms with van der Waals surface area (Å²) in [6.45, 7) is 3.91. The van der Waals surface area contributed by atoms with Gasteiger partial charge in [0.05, 0.1) is 14.2 Å². The van der Waals surface area contributed by atoms with Crippen LogP contribution in [0.5, 0.6) is 11.5 Å². The molecule has 6 nitrogen and oxygen atoms in total. The SMILES string of the molecule is COc1ccc([C@H]2CC(=O)C3=C(C2)NC(C)=C(C(=O)Nc2ccc(C)cc2)[C@@H]3c2ccc(Br)cc2)cc1OC. The third-order valence-corrected chi connectivity index (χ3v) is 7.99. The Labute approximate surface area is 237 Å². The first kappa shape index (κ1) is 26.8. The number of carbonyl (C=O) groups excluding carboxylic acids is 2. The van der Waals surface area contributed by atoms with Gasteiger partial charge < -0.3 is 20.1 Å². The van der Waals surface area contributed by atoms with Gasteiger partial charge in [-0.3, -0.25) is 9.59 Å². The van der Waals surface area contributed by atoms with Gasteiger partial charge in [0.1, 0.15) is 0 Å². The number of rotatable bonds is 6. The van der Waals surface area contributed by atoms with E-state index in [1.165, 1.54) is 0 Å². The molecular weight excluding hydrogens is 556 g/mol. The zero-order valence-corrected chi connectivity index (χ0v) is 24.0. The van der Waals surface area contributed by atoms with E-state index in [0.29, 0.717) is 41.2 Å². The van der Waals surface area contributed by atoms with Crippen LogP contribution in [0.1, 0.15) is 48.3 Å². The van der Waals surface area contributed by atoms with Gasteiger partial charge in [0.2, 0.25) is 0 Å². The van der Waals surface area contributed by atoms with Gasteiger partial charge in [-0.15, -0.1) is 0 Å². The molecule has 2 aliphatic rings. The van der Waals surface area contributed by atoms with Crippen molar-refractivity contribution in [2.45, 2.75) is 38.5 Å². The first-order valence-corrected chi connectivity index (χ1v) is 13.7. The predicted molar refractivity (Wildman–Crippen MR) is 156 cm³/mol. The van der Waals surface area contributed by atoms with Gasteiger partial charge in [0.15, 0.2) is 17.3 Å². The second-order valence-electron chi connectivity index (χ2n) is 10.0. The molecule has 39 heavy (non-hydrogen) atoms. The fourth-order valence-corrected chi connectivity index (χ4v) is 5.77. The van der Waals surface area contributed by atoms with Crippen LogP contribution in [0.2, 0.25) is 0 Å². The van der Waals surface area contributed by atoms with Crippen molar-refractivity contribution >= 4 is 33.3 Å². The second-order valence-corrected chi connectivity index (χ2v) is 10.9. The number of methoxy groups -OCH3 is 2. The van der Waals surface area contributed by atoms with Crippen molar-refractivity contribution < 1.29 is 19.1 Å². The van der Waals surface area contributed by atoms with Gasteiger partial charge in [-0.05, 0) is 73.7 Å². The number of ketones is 1. The number of amides is 1. The summed E-state index contributed by atoms with van der Waals surface area (Å²) in [5, 5.41) is 6.49. The molecule has 3 aromatic carbocycles. The molecule has 0 bridgehead atoms. The summed E-state index contributed by atoms with van der Waals surface area (Å²) in [5.74, 6) is 0.598. The van der Waals surface area contributed by atoms with Crippen molar-refractivity contribution in [3.63, 3.8) is 0 Å². The highest BCUT2D eigenvalue weighted by Gasteiger charge is 2.41. The van der Waals surface area contributed by atoms with E-state index in [1.54, 1.807) is 14.2 Å². The lowest BCUT2D eigenvalue weighted by atomic mass is 9.71. The lowest BCUT2D eigenvalue weighted by Crippen LogP contribution is -2.37. The molecule has 2 N–H and O–H groups in total. The summed E-state index contributed by atoms with van der Waals surface area (Å²) in [5.41, 5.74) is 6.56. The van der Waals surface area contributed by atoms with E-state index >= 15 is 0 Å². The first-order chi connectivity index (χ1) is 18.8. The van der Waals surface area contributed by atoms with Crippen LogP contribution in [0.15, 0.2) is 93.7 Å². The topological polar surface area (TPSA) is 76.7 Å². The molecular formula is C32H31BrN2O4. The number of hydrogen-bond acceptors (Lipinski definition) is 5. The molecule has 2 atom stereocenters. The maximum Gasteiger partial charge on any atom is 0.254 e. The minimum Gasteiger partial charge on any atom is -0.493 e. The minimum atomic E-state index is -0.473. The highest BCUT2D eigenvalue weighted by molar-refractivity contribution is 9.10. The van der Waals surface area contributed by atoms with Gasteiger partial charge in [0, 0.05) is 45.0 Å². The molecule has 1 aliphatic heterocycles. The Hall–Kier alpha value is -3.84. The van der Waals surface area contributed by atoms with Crippen LogP contribution in [-0.4, -0.2) is 25.9 Å². The number of halogens is 1. The number of Topliss-reactive ketones (excluding diaryl/α,β-unsaturated/α-hetero) is 1. The number of allylic oxidation sites excluding steroid dienone is 3. The van der Waals surface area contributed by atoms with Crippen LogP contribution in [0, 0.1) is 6.92 Å². The fourth-order valence-electron chi connectivity index (χ4n) is 5.51. The van der Waals surface area contributed by atoms with Crippen molar-refractivity contribution in [2.24, 2.45) is 0 Å². The van der Waals surface area contributed by atoms with E-state index in [1.807, 2.05) is 80.6 Å². The van der Waals surface area contributed by atoms with Crippen LogP contribution < -0.4 is 20.1 Å². The molecule has 200 valence electrons. The van der Waals surface area contributed by atoms with Gasteiger partial charge in [-0.25, -0.2) is 0 Å². The molecule has 5 rings (SSSR count). The smallest absolute Gasteiger partial charge is 0.254 e. The molecule has 1 aliphatic carbocycles. The van der Waals surface area contributed by atoms with E-state index < -0.39 is 5.92 Å². The monoisotopic (exact) mass is 586 g/mol. The number of hydrogen-bond donors (Lipinski definition) is 2. The van der Waals surface area contributed by atoms with Crippen molar-refractivity contribution in [1.82, 2.24) is 5.32 Å². The highest BCUT2D eigenvalue weighted by atomic mass is 79.9. The van der Waals surface area contributed by atoms with Gasteiger partial charge in [-0.1, -0.05) is 51.8 Å². The Bertz CT molecular complexity index is 1490. The number of carbonyl (C=O) groups is 2.